The van der Waals surface area contributed by atoms with E-state index in [4.69, 9.17) is 5.26 Å². The quantitative estimate of drug-likeness (QED) is 0.760. The van der Waals surface area contributed by atoms with Crippen molar-refractivity contribution >= 4 is 0 Å². The van der Waals surface area contributed by atoms with E-state index in [0.29, 0.717) is 11.4 Å². The summed E-state index contributed by atoms with van der Waals surface area (Å²) in [4.78, 5) is 8.75. The molecule has 0 aliphatic heterocycles. The molecule has 3 nitrogen and oxygen atoms in total. The molecule has 2 aromatic rings. The molecule has 0 saturated heterocycles. The third kappa shape index (κ3) is 3.38. The Morgan fingerprint density at radius 2 is 1.84 bits per heavy atom. The Bertz CT molecular complexity index is 567. The lowest BCUT2D eigenvalue weighted by Gasteiger charge is -2.04. The molecule has 0 atom stereocenters. The van der Waals surface area contributed by atoms with E-state index in [9.17, 15) is 0 Å². The van der Waals surface area contributed by atoms with Crippen LogP contribution in [0.2, 0.25) is 0 Å². The number of nitriles is 1. The van der Waals surface area contributed by atoms with Crippen molar-refractivity contribution in [3.8, 4) is 17.5 Å². The van der Waals surface area contributed by atoms with Crippen molar-refractivity contribution in [2.45, 2.75) is 32.6 Å². The first-order valence-electron chi connectivity index (χ1n) is 6.65. The maximum atomic E-state index is 9.07. The molecule has 3 heteroatoms. The first-order valence-corrected chi connectivity index (χ1v) is 6.65. The van der Waals surface area contributed by atoms with Gasteiger partial charge in [0.25, 0.3) is 0 Å². The van der Waals surface area contributed by atoms with Crippen molar-refractivity contribution < 1.29 is 0 Å². The normalized spacial score (nSPS) is 10.1. The van der Waals surface area contributed by atoms with Crippen LogP contribution in [0.4, 0.5) is 0 Å². The molecule has 1 aromatic carbocycles. The first kappa shape index (κ1) is 13.2. The Hall–Kier alpha value is -2.21. The molecule has 0 aliphatic rings. The first-order chi connectivity index (χ1) is 9.35. The zero-order valence-corrected chi connectivity index (χ0v) is 11.1. The molecule has 0 spiro atoms. The van der Waals surface area contributed by atoms with Gasteiger partial charge in [0, 0.05) is 18.0 Å². The summed E-state index contributed by atoms with van der Waals surface area (Å²) in [6, 6.07) is 9.58. The van der Waals surface area contributed by atoms with Gasteiger partial charge in [-0.2, -0.15) is 5.26 Å². The van der Waals surface area contributed by atoms with Gasteiger partial charge >= 0.3 is 0 Å². The van der Waals surface area contributed by atoms with Gasteiger partial charge in [0.2, 0.25) is 0 Å². The fourth-order valence-electron chi connectivity index (χ4n) is 1.98. The van der Waals surface area contributed by atoms with Gasteiger partial charge in [0.15, 0.2) is 5.82 Å². The number of benzene rings is 1. The minimum Gasteiger partial charge on any atom is -0.236 e. The smallest absolute Gasteiger partial charge is 0.160 e. The van der Waals surface area contributed by atoms with E-state index >= 15 is 0 Å². The summed E-state index contributed by atoms with van der Waals surface area (Å²) in [5.74, 6) is 0.622. The lowest BCUT2D eigenvalue weighted by atomic mass is 10.1. The predicted octanol–water partition coefficient (Wildman–Crippen LogP) is 3.75. The number of rotatable bonds is 5. The van der Waals surface area contributed by atoms with Crippen LogP contribution in [-0.4, -0.2) is 9.97 Å². The average molecular weight is 251 g/mol. The lowest BCUT2D eigenvalue weighted by Crippen LogP contribution is -1.94. The molecule has 1 aromatic heterocycles. The second-order valence-corrected chi connectivity index (χ2v) is 4.53. The Balaban J connectivity index is 2.16. The number of nitrogens with zero attached hydrogens (tertiary/aromatic N) is 3. The molecule has 2 rings (SSSR count). The maximum Gasteiger partial charge on any atom is 0.160 e. The number of unbranched alkanes of at least 4 members (excludes halogenated alkanes) is 2. The molecule has 19 heavy (non-hydrogen) atoms. The van der Waals surface area contributed by atoms with Gasteiger partial charge in [0.05, 0.1) is 11.6 Å². The van der Waals surface area contributed by atoms with E-state index in [1.54, 1.807) is 6.07 Å². The van der Waals surface area contributed by atoms with Gasteiger partial charge in [-0.15, -0.1) is 0 Å². The highest BCUT2D eigenvalue weighted by Crippen LogP contribution is 2.19. The number of hydrogen-bond acceptors (Lipinski definition) is 3. The van der Waals surface area contributed by atoms with E-state index < -0.39 is 0 Å². The minimum atomic E-state index is 0.612. The summed E-state index contributed by atoms with van der Waals surface area (Å²) >= 11 is 0. The molecule has 0 fully saturated rings. The maximum absolute atomic E-state index is 9.07. The molecular formula is C16H17N3. The van der Waals surface area contributed by atoms with E-state index in [0.717, 1.165) is 17.5 Å². The number of aromatic nitrogens is 2. The zero-order valence-electron chi connectivity index (χ0n) is 11.1. The van der Waals surface area contributed by atoms with Crippen LogP contribution >= 0.6 is 0 Å². The molecule has 0 N–H and O–H groups in total. The van der Waals surface area contributed by atoms with Crippen molar-refractivity contribution in [3.05, 3.63) is 47.8 Å². The Labute approximate surface area is 114 Å². The van der Waals surface area contributed by atoms with Crippen LogP contribution in [0.5, 0.6) is 0 Å². The summed E-state index contributed by atoms with van der Waals surface area (Å²) in [5.41, 5.74) is 2.57. The van der Waals surface area contributed by atoms with Crippen molar-refractivity contribution in [2.75, 3.05) is 0 Å². The number of aryl methyl sites for hydroxylation is 1. The van der Waals surface area contributed by atoms with Crippen LogP contribution in [-0.2, 0) is 6.42 Å². The second-order valence-electron chi connectivity index (χ2n) is 4.53. The van der Waals surface area contributed by atoms with Crippen LogP contribution in [0.1, 0.15) is 37.3 Å². The topological polar surface area (TPSA) is 49.6 Å². The third-order valence-electron chi connectivity index (χ3n) is 3.06. The zero-order chi connectivity index (χ0) is 13.5. The summed E-state index contributed by atoms with van der Waals surface area (Å²) in [7, 11) is 0. The summed E-state index contributed by atoms with van der Waals surface area (Å²) in [6.07, 6.45) is 8.38. The average Bonchev–Trinajstić information content (AvgIpc) is 2.48. The van der Waals surface area contributed by atoms with Gasteiger partial charge in [-0.25, -0.2) is 9.97 Å². The van der Waals surface area contributed by atoms with Crippen LogP contribution in [0.15, 0.2) is 36.7 Å². The molecular weight excluding hydrogens is 234 g/mol. The number of hydrogen-bond donors (Lipinski definition) is 0. The Morgan fingerprint density at radius 1 is 1.11 bits per heavy atom. The molecule has 0 aliphatic carbocycles. The monoisotopic (exact) mass is 251 g/mol. The molecule has 0 radical (unpaired) electrons. The van der Waals surface area contributed by atoms with Crippen molar-refractivity contribution in [1.29, 1.82) is 5.26 Å². The Kier molecular flexibility index (Phi) is 4.63. The van der Waals surface area contributed by atoms with Crippen molar-refractivity contribution in [2.24, 2.45) is 0 Å². The standard InChI is InChI=1S/C16H17N3/c1-2-3-4-7-13-11-18-16(19-12-13)15-9-6-5-8-14(15)10-17/h5-6,8-9,11-12H,2-4,7H2,1H3. The summed E-state index contributed by atoms with van der Waals surface area (Å²) < 4.78 is 0. The van der Waals surface area contributed by atoms with Crippen molar-refractivity contribution in [3.63, 3.8) is 0 Å². The molecule has 96 valence electrons. The molecule has 0 bridgehead atoms. The van der Waals surface area contributed by atoms with Crippen LogP contribution in [0.25, 0.3) is 11.4 Å². The second kappa shape index (κ2) is 6.65. The molecule has 0 amide bonds. The highest BCUT2D eigenvalue weighted by Gasteiger charge is 2.06. The van der Waals surface area contributed by atoms with Crippen LogP contribution in [0, 0.1) is 11.3 Å². The SMILES string of the molecule is CCCCCc1cnc(-c2ccccc2C#N)nc1. The van der Waals surface area contributed by atoms with Gasteiger partial charge in [-0.05, 0) is 30.5 Å². The van der Waals surface area contributed by atoms with Gasteiger partial charge in [-0.1, -0.05) is 31.9 Å². The van der Waals surface area contributed by atoms with Gasteiger partial charge < -0.3 is 0 Å². The highest BCUT2D eigenvalue weighted by atomic mass is 14.9. The van der Waals surface area contributed by atoms with Gasteiger partial charge in [0.1, 0.15) is 0 Å². The van der Waals surface area contributed by atoms with E-state index in [2.05, 4.69) is 23.0 Å². The van der Waals surface area contributed by atoms with E-state index in [-0.39, 0.29) is 0 Å². The largest absolute Gasteiger partial charge is 0.236 e. The van der Waals surface area contributed by atoms with E-state index in [1.165, 1.54) is 19.3 Å². The molecule has 0 unspecified atom stereocenters. The summed E-state index contributed by atoms with van der Waals surface area (Å²) in [6.45, 7) is 2.19. The Morgan fingerprint density at radius 3 is 2.53 bits per heavy atom. The molecule has 0 saturated carbocycles. The summed E-state index contributed by atoms with van der Waals surface area (Å²) in [5, 5.41) is 9.07. The fraction of sp³-hybridized carbons (Fsp3) is 0.312. The minimum absolute atomic E-state index is 0.612. The predicted molar refractivity (Wildman–Crippen MR) is 75.4 cm³/mol. The van der Waals surface area contributed by atoms with Crippen LogP contribution in [0.3, 0.4) is 0 Å². The third-order valence-corrected chi connectivity index (χ3v) is 3.06. The fourth-order valence-corrected chi connectivity index (χ4v) is 1.98. The van der Waals surface area contributed by atoms with Crippen molar-refractivity contribution in [1.82, 2.24) is 9.97 Å². The van der Waals surface area contributed by atoms with Gasteiger partial charge in [-0.3, -0.25) is 0 Å². The lowest BCUT2D eigenvalue weighted by molar-refractivity contribution is 0.714. The molecule has 1 heterocycles. The highest BCUT2D eigenvalue weighted by molar-refractivity contribution is 5.63. The van der Waals surface area contributed by atoms with E-state index in [1.807, 2.05) is 30.6 Å². The van der Waals surface area contributed by atoms with Crippen LogP contribution < -0.4 is 0 Å².